The average Bonchev–Trinajstić information content (AvgIpc) is 2.76. The Bertz CT molecular complexity index is 366. The molecule has 0 aromatic rings. The summed E-state index contributed by atoms with van der Waals surface area (Å²) in [6.07, 6.45) is 14.6. The fourth-order valence-electron chi connectivity index (χ4n) is 3.52. The van der Waals surface area contributed by atoms with Gasteiger partial charge < -0.3 is 24.1 Å². The van der Waals surface area contributed by atoms with Crippen LogP contribution < -0.4 is 0 Å². The second-order valence-corrected chi connectivity index (χ2v) is 9.24. The summed E-state index contributed by atoms with van der Waals surface area (Å²) in [5, 5.41) is 8.99. The Labute approximate surface area is 193 Å². The molecule has 0 aromatic carbocycles. The maximum absolute atomic E-state index is 8.99. The molecule has 0 radical (unpaired) electrons. The smallest absolute Gasteiger partial charge is 0.0784 e. The number of aliphatic hydroxyl groups excluding tert-OH is 1. The molecule has 0 aliphatic carbocycles. The summed E-state index contributed by atoms with van der Waals surface area (Å²) in [4.78, 5) is 0. The van der Waals surface area contributed by atoms with Crippen molar-refractivity contribution in [2.24, 2.45) is 0 Å². The zero-order valence-electron chi connectivity index (χ0n) is 21.6. The van der Waals surface area contributed by atoms with E-state index in [9.17, 15) is 0 Å². The van der Waals surface area contributed by atoms with Crippen molar-refractivity contribution in [2.75, 3.05) is 26.4 Å². The first-order chi connectivity index (χ1) is 14.9. The van der Waals surface area contributed by atoms with Crippen LogP contribution in [0.4, 0.5) is 0 Å². The molecule has 5 unspecified atom stereocenters. The number of unbranched alkanes of at least 4 members (excludes halogenated alkanes) is 7. The Kier molecular flexibility index (Phi) is 21.5. The summed E-state index contributed by atoms with van der Waals surface area (Å²) in [6, 6.07) is 0. The Morgan fingerprint density at radius 2 is 1.03 bits per heavy atom. The van der Waals surface area contributed by atoms with Gasteiger partial charge in [-0.05, 0) is 40.5 Å². The number of hydrogen-bond acceptors (Lipinski definition) is 5. The normalized spacial score (nSPS) is 16.7. The minimum absolute atomic E-state index is 0.0149. The molecular formula is C26H54O5. The van der Waals surface area contributed by atoms with Crippen molar-refractivity contribution in [3.8, 4) is 0 Å². The van der Waals surface area contributed by atoms with Gasteiger partial charge in [-0.25, -0.2) is 0 Å². The van der Waals surface area contributed by atoms with Gasteiger partial charge in [0.15, 0.2) is 0 Å². The van der Waals surface area contributed by atoms with Crippen LogP contribution in [0.3, 0.4) is 0 Å². The molecule has 31 heavy (non-hydrogen) atoms. The first kappa shape index (κ1) is 30.8. The topological polar surface area (TPSA) is 57.2 Å². The Morgan fingerprint density at radius 3 is 1.55 bits per heavy atom. The van der Waals surface area contributed by atoms with Gasteiger partial charge in [-0.2, -0.15) is 0 Å². The van der Waals surface area contributed by atoms with Gasteiger partial charge in [-0.1, -0.05) is 71.6 Å². The molecule has 1 N–H and O–H groups in total. The van der Waals surface area contributed by atoms with Gasteiger partial charge in [0.05, 0.1) is 56.9 Å². The maximum atomic E-state index is 8.99. The van der Waals surface area contributed by atoms with Crippen LogP contribution in [-0.4, -0.2) is 62.1 Å². The molecule has 5 atom stereocenters. The van der Waals surface area contributed by atoms with Crippen LogP contribution >= 0.6 is 0 Å². The van der Waals surface area contributed by atoms with E-state index in [1.54, 1.807) is 0 Å². The maximum Gasteiger partial charge on any atom is 0.0784 e. The van der Waals surface area contributed by atoms with Crippen LogP contribution in [0.1, 0.15) is 112 Å². The molecule has 0 spiro atoms. The van der Waals surface area contributed by atoms with Gasteiger partial charge in [0.25, 0.3) is 0 Å². The van der Waals surface area contributed by atoms with Crippen LogP contribution in [0, 0.1) is 0 Å². The number of rotatable bonds is 23. The molecular weight excluding hydrogens is 392 g/mol. The van der Waals surface area contributed by atoms with Crippen molar-refractivity contribution in [2.45, 2.75) is 143 Å². The van der Waals surface area contributed by atoms with Crippen molar-refractivity contribution in [3.05, 3.63) is 0 Å². The highest BCUT2D eigenvalue weighted by Gasteiger charge is 2.15. The van der Waals surface area contributed by atoms with E-state index in [4.69, 9.17) is 24.1 Å². The molecule has 0 amide bonds. The lowest BCUT2D eigenvalue weighted by atomic mass is 10.0. The number of hydrogen-bond donors (Lipinski definition) is 1. The predicted octanol–water partition coefficient (Wildman–Crippen LogP) is 6.30. The first-order valence-electron chi connectivity index (χ1n) is 13.0. The van der Waals surface area contributed by atoms with Crippen LogP contribution in [0.15, 0.2) is 0 Å². The fourth-order valence-corrected chi connectivity index (χ4v) is 3.52. The zero-order chi connectivity index (χ0) is 23.3. The van der Waals surface area contributed by atoms with E-state index in [2.05, 4.69) is 20.8 Å². The van der Waals surface area contributed by atoms with Crippen molar-refractivity contribution >= 4 is 0 Å². The average molecular weight is 447 g/mol. The summed E-state index contributed by atoms with van der Waals surface area (Å²) in [6.45, 7) is 14.1. The largest absolute Gasteiger partial charge is 0.394 e. The molecule has 0 rings (SSSR count). The summed E-state index contributed by atoms with van der Waals surface area (Å²) in [7, 11) is 0. The molecule has 0 aromatic heterocycles. The molecule has 5 heteroatoms. The van der Waals surface area contributed by atoms with Crippen molar-refractivity contribution < 1.29 is 24.1 Å². The van der Waals surface area contributed by atoms with E-state index < -0.39 is 0 Å². The van der Waals surface area contributed by atoms with E-state index in [-0.39, 0.29) is 31.0 Å². The SMILES string of the molecule is CCCCCCCCCCC(CCC)OC(C)COC(C)COC(C)COC(C)CO. The molecule has 0 fully saturated rings. The van der Waals surface area contributed by atoms with Gasteiger partial charge in [0.1, 0.15) is 0 Å². The van der Waals surface area contributed by atoms with E-state index >= 15 is 0 Å². The van der Waals surface area contributed by atoms with E-state index in [0.717, 1.165) is 19.3 Å². The van der Waals surface area contributed by atoms with E-state index in [0.29, 0.717) is 25.9 Å². The molecule has 0 aliphatic rings. The lowest BCUT2D eigenvalue weighted by molar-refractivity contribution is -0.100. The highest BCUT2D eigenvalue weighted by Crippen LogP contribution is 2.16. The van der Waals surface area contributed by atoms with Crippen LogP contribution in [0.5, 0.6) is 0 Å². The minimum Gasteiger partial charge on any atom is -0.394 e. The quantitative estimate of drug-likeness (QED) is 0.187. The second-order valence-electron chi connectivity index (χ2n) is 9.24. The van der Waals surface area contributed by atoms with Gasteiger partial charge in [0.2, 0.25) is 0 Å². The standard InChI is InChI=1S/C26H54O5/c1-7-9-10-11-12-13-14-15-17-26(16-8-2)31-25(6)21-30-24(5)20-29-23(4)19-28-22(3)18-27/h22-27H,7-21H2,1-6H3. The third kappa shape index (κ3) is 20.2. The van der Waals surface area contributed by atoms with Crippen molar-refractivity contribution in [1.29, 1.82) is 0 Å². The predicted molar refractivity (Wildman–Crippen MR) is 130 cm³/mol. The van der Waals surface area contributed by atoms with Gasteiger partial charge in [-0.15, -0.1) is 0 Å². The molecule has 0 heterocycles. The molecule has 0 saturated heterocycles. The minimum atomic E-state index is -0.153. The van der Waals surface area contributed by atoms with Gasteiger partial charge in [0, 0.05) is 0 Å². The fraction of sp³-hybridized carbons (Fsp3) is 1.00. The Hall–Kier alpha value is -0.200. The van der Waals surface area contributed by atoms with Crippen LogP contribution in [0.2, 0.25) is 0 Å². The van der Waals surface area contributed by atoms with Gasteiger partial charge in [-0.3, -0.25) is 0 Å². The van der Waals surface area contributed by atoms with Gasteiger partial charge >= 0.3 is 0 Å². The summed E-state index contributed by atoms with van der Waals surface area (Å²) in [5.41, 5.74) is 0. The summed E-state index contributed by atoms with van der Waals surface area (Å²) in [5.74, 6) is 0. The third-order valence-corrected chi connectivity index (χ3v) is 5.52. The lowest BCUT2D eigenvalue weighted by Gasteiger charge is -2.24. The zero-order valence-corrected chi connectivity index (χ0v) is 21.6. The first-order valence-corrected chi connectivity index (χ1v) is 13.0. The Morgan fingerprint density at radius 1 is 0.548 bits per heavy atom. The number of aliphatic hydroxyl groups is 1. The van der Waals surface area contributed by atoms with E-state index in [1.165, 1.54) is 51.4 Å². The monoisotopic (exact) mass is 446 g/mol. The molecule has 0 bridgehead atoms. The molecule has 188 valence electrons. The molecule has 5 nitrogen and oxygen atoms in total. The molecule has 0 saturated carbocycles. The second kappa shape index (κ2) is 21.6. The van der Waals surface area contributed by atoms with Crippen LogP contribution in [0.25, 0.3) is 0 Å². The molecule has 0 aliphatic heterocycles. The number of ether oxygens (including phenoxy) is 4. The van der Waals surface area contributed by atoms with Crippen molar-refractivity contribution in [1.82, 2.24) is 0 Å². The van der Waals surface area contributed by atoms with Crippen LogP contribution in [-0.2, 0) is 18.9 Å². The Balaban J connectivity index is 3.90. The third-order valence-electron chi connectivity index (χ3n) is 5.52. The highest BCUT2D eigenvalue weighted by atomic mass is 16.6. The highest BCUT2D eigenvalue weighted by molar-refractivity contribution is 4.63. The summed E-state index contributed by atoms with van der Waals surface area (Å²) < 4.78 is 23.5. The van der Waals surface area contributed by atoms with Crippen molar-refractivity contribution in [3.63, 3.8) is 0 Å². The van der Waals surface area contributed by atoms with E-state index in [1.807, 2.05) is 20.8 Å². The summed E-state index contributed by atoms with van der Waals surface area (Å²) >= 11 is 0. The lowest BCUT2D eigenvalue weighted by Crippen LogP contribution is -2.29.